The van der Waals surface area contributed by atoms with Gasteiger partial charge in [-0.3, -0.25) is 9.59 Å². The van der Waals surface area contributed by atoms with Crippen LogP contribution in [0, 0.1) is 17.2 Å². The van der Waals surface area contributed by atoms with Crippen molar-refractivity contribution < 1.29 is 28.6 Å². The molecule has 2 rings (SSSR count). The van der Waals surface area contributed by atoms with E-state index in [4.69, 9.17) is 9.84 Å². The van der Waals surface area contributed by atoms with Crippen molar-refractivity contribution in [3.63, 3.8) is 0 Å². The average Bonchev–Trinajstić information content (AvgIpc) is 3.16. The molecule has 0 radical (unpaired) electrons. The van der Waals surface area contributed by atoms with E-state index in [0.717, 1.165) is 6.07 Å². The van der Waals surface area contributed by atoms with E-state index >= 15 is 0 Å². The Labute approximate surface area is 115 Å². The van der Waals surface area contributed by atoms with E-state index in [9.17, 15) is 14.0 Å². The summed E-state index contributed by atoms with van der Waals surface area (Å²) >= 11 is 0. The van der Waals surface area contributed by atoms with Crippen molar-refractivity contribution in [2.45, 2.75) is 12.8 Å². The Hall–Kier alpha value is -2.11. The zero-order chi connectivity index (χ0) is 14.9. The molecule has 1 unspecified atom stereocenters. The number of aromatic hydroxyl groups is 1. The van der Waals surface area contributed by atoms with Gasteiger partial charge in [-0.1, -0.05) is 6.07 Å². The number of ether oxygens (including phenoxy) is 2. The van der Waals surface area contributed by atoms with Gasteiger partial charge in [-0.2, -0.15) is 0 Å². The Balaban J connectivity index is 2.24. The van der Waals surface area contributed by atoms with Crippen LogP contribution in [-0.2, 0) is 25.5 Å². The van der Waals surface area contributed by atoms with Crippen LogP contribution in [0.25, 0.3) is 0 Å². The molecule has 0 bridgehead atoms. The first-order chi connectivity index (χ1) is 9.44. The van der Waals surface area contributed by atoms with Crippen molar-refractivity contribution in [1.82, 2.24) is 0 Å². The lowest BCUT2D eigenvalue weighted by Gasteiger charge is -2.14. The van der Waals surface area contributed by atoms with Gasteiger partial charge in [-0.25, -0.2) is 4.39 Å². The number of carbonyl (C=O) groups is 2. The zero-order valence-corrected chi connectivity index (χ0v) is 11.2. The van der Waals surface area contributed by atoms with Gasteiger partial charge in [0.2, 0.25) is 0 Å². The maximum Gasteiger partial charge on any atom is 0.313 e. The number of rotatable bonds is 4. The molecule has 1 fully saturated rings. The molecule has 2 atom stereocenters. The summed E-state index contributed by atoms with van der Waals surface area (Å²) in [6.07, 6.45) is 0.478. The minimum absolute atomic E-state index is 0.163. The molecule has 1 N–H and O–H groups in total. The molecule has 0 spiro atoms. The van der Waals surface area contributed by atoms with Gasteiger partial charge in [0.15, 0.2) is 11.6 Å². The SMILES string of the molecule is COC(=O)C1C[C@]1(Cc1ccc(O)c(F)c1)C(=O)OC. The van der Waals surface area contributed by atoms with Crippen LogP contribution in [0.3, 0.4) is 0 Å². The topological polar surface area (TPSA) is 72.8 Å². The predicted molar refractivity (Wildman–Crippen MR) is 66.3 cm³/mol. The molecule has 0 aliphatic heterocycles. The van der Waals surface area contributed by atoms with Crippen molar-refractivity contribution in [3.8, 4) is 5.75 Å². The minimum Gasteiger partial charge on any atom is -0.505 e. The molecule has 1 aromatic rings. The number of halogens is 1. The van der Waals surface area contributed by atoms with Crippen LogP contribution in [0.15, 0.2) is 18.2 Å². The Kier molecular flexibility index (Phi) is 3.65. The van der Waals surface area contributed by atoms with E-state index in [1.54, 1.807) is 0 Å². The second kappa shape index (κ2) is 5.11. The maximum absolute atomic E-state index is 13.3. The normalized spacial score (nSPS) is 24.1. The molecule has 5 nitrogen and oxygen atoms in total. The zero-order valence-electron chi connectivity index (χ0n) is 11.2. The van der Waals surface area contributed by atoms with Crippen LogP contribution >= 0.6 is 0 Å². The third kappa shape index (κ3) is 2.33. The first kappa shape index (κ1) is 14.3. The average molecular weight is 282 g/mol. The highest BCUT2D eigenvalue weighted by molar-refractivity contribution is 5.91. The van der Waals surface area contributed by atoms with E-state index in [0.29, 0.717) is 12.0 Å². The number of esters is 2. The van der Waals surface area contributed by atoms with Crippen LogP contribution in [0.4, 0.5) is 4.39 Å². The molecule has 1 aliphatic rings. The molecule has 6 heteroatoms. The second-order valence-electron chi connectivity index (χ2n) is 4.89. The van der Waals surface area contributed by atoms with Crippen molar-refractivity contribution in [2.75, 3.05) is 14.2 Å². The van der Waals surface area contributed by atoms with Gasteiger partial charge in [-0.15, -0.1) is 0 Å². The van der Waals surface area contributed by atoms with Crippen LogP contribution in [0.2, 0.25) is 0 Å². The van der Waals surface area contributed by atoms with E-state index in [-0.39, 0.29) is 6.42 Å². The maximum atomic E-state index is 13.3. The van der Waals surface area contributed by atoms with Crippen LogP contribution in [-0.4, -0.2) is 31.3 Å². The van der Waals surface area contributed by atoms with Crippen molar-refractivity contribution >= 4 is 11.9 Å². The number of carbonyl (C=O) groups excluding carboxylic acids is 2. The summed E-state index contributed by atoms with van der Waals surface area (Å²) in [5.41, 5.74) is -0.484. The summed E-state index contributed by atoms with van der Waals surface area (Å²) in [5, 5.41) is 9.15. The smallest absolute Gasteiger partial charge is 0.313 e. The highest BCUT2D eigenvalue weighted by atomic mass is 19.1. The largest absolute Gasteiger partial charge is 0.505 e. The first-order valence-electron chi connectivity index (χ1n) is 6.08. The Morgan fingerprint density at radius 3 is 2.65 bits per heavy atom. The van der Waals surface area contributed by atoms with Gasteiger partial charge in [0.1, 0.15) is 0 Å². The molecule has 0 amide bonds. The molecule has 1 saturated carbocycles. The molecule has 0 heterocycles. The van der Waals surface area contributed by atoms with Gasteiger partial charge in [0, 0.05) is 0 Å². The van der Waals surface area contributed by atoms with Crippen molar-refractivity contribution in [3.05, 3.63) is 29.6 Å². The number of phenolic OH excluding ortho intramolecular Hbond substituents is 1. The summed E-state index contributed by atoms with van der Waals surface area (Å²) in [6, 6.07) is 3.87. The van der Waals surface area contributed by atoms with Crippen LogP contribution in [0.5, 0.6) is 5.75 Å². The first-order valence-corrected chi connectivity index (χ1v) is 6.08. The van der Waals surface area contributed by atoms with Crippen molar-refractivity contribution in [1.29, 1.82) is 0 Å². The Morgan fingerprint density at radius 2 is 2.10 bits per heavy atom. The molecular weight excluding hydrogens is 267 g/mol. The number of methoxy groups -OCH3 is 2. The summed E-state index contributed by atoms with van der Waals surface area (Å²) in [7, 11) is 2.50. The molecule has 0 aromatic heterocycles. The third-order valence-corrected chi connectivity index (χ3v) is 3.68. The summed E-state index contributed by atoms with van der Waals surface area (Å²) in [5.74, 6) is -2.79. The van der Waals surface area contributed by atoms with Gasteiger partial charge in [-0.05, 0) is 30.5 Å². The van der Waals surface area contributed by atoms with E-state index in [1.165, 1.54) is 26.4 Å². The minimum atomic E-state index is -0.995. The lowest BCUT2D eigenvalue weighted by atomic mass is 9.93. The Morgan fingerprint density at radius 1 is 1.40 bits per heavy atom. The van der Waals surface area contributed by atoms with Gasteiger partial charge < -0.3 is 14.6 Å². The third-order valence-electron chi connectivity index (χ3n) is 3.68. The van der Waals surface area contributed by atoms with E-state index in [1.807, 2.05) is 0 Å². The van der Waals surface area contributed by atoms with Crippen LogP contribution in [0.1, 0.15) is 12.0 Å². The van der Waals surface area contributed by atoms with Crippen LogP contribution < -0.4 is 0 Å². The molecule has 108 valence electrons. The standard InChI is InChI=1S/C14H15FO5/c1-19-12(17)9-7-14(9,13(18)20-2)6-8-3-4-11(16)10(15)5-8/h3-5,9,16H,6-7H2,1-2H3/t9?,14-/m0/s1. The number of hydrogen-bond acceptors (Lipinski definition) is 5. The van der Waals surface area contributed by atoms with E-state index in [2.05, 4.69) is 4.74 Å². The van der Waals surface area contributed by atoms with E-state index < -0.39 is 34.8 Å². The monoisotopic (exact) mass is 282 g/mol. The summed E-state index contributed by atoms with van der Waals surface area (Å²) < 4.78 is 22.7. The number of hydrogen-bond donors (Lipinski definition) is 1. The molecule has 0 saturated heterocycles. The molecule has 1 aliphatic carbocycles. The predicted octanol–water partition coefficient (Wildman–Crippen LogP) is 1.43. The lowest BCUT2D eigenvalue weighted by molar-refractivity contribution is -0.152. The molecule has 20 heavy (non-hydrogen) atoms. The number of phenols is 1. The van der Waals surface area contributed by atoms with Gasteiger partial charge in [0.25, 0.3) is 0 Å². The number of benzene rings is 1. The molecule has 1 aromatic carbocycles. The Bertz CT molecular complexity index is 556. The fourth-order valence-electron chi connectivity index (χ4n) is 2.48. The highest BCUT2D eigenvalue weighted by Crippen LogP contribution is 2.56. The highest BCUT2D eigenvalue weighted by Gasteiger charge is 2.65. The lowest BCUT2D eigenvalue weighted by Crippen LogP contribution is -2.25. The summed E-state index contributed by atoms with van der Waals surface area (Å²) in [6.45, 7) is 0. The summed E-state index contributed by atoms with van der Waals surface area (Å²) in [4.78, 5) is 23.5. The van der Waals surface area contributed by atoms with Gasteiger partial charge in [0.05, 0.1) is 25.6 Å². The quantitative estimate of drug-likeness (QED) is 0.846. The van der Waals surface area contributed by atoms with Crippen molar-refractivity contribution in [2.24, 2.45) is 11.3 Å². The second-order valence-corrected chi connectivity index (χ2v) is 4.89. The molecular formula is C14H15FO5. The fourth-order valence-corrected chi connectivity index (χ4v) is 2.48. The fraction of sp³-hybridized carbons (Fsp3) is 0.429. The van der Waals surface area contributed by atoms with Gasteiger partial charge >= 0.3 is 11.9 Å².